The third kappa shape index (κ3) is 3.34. The molecule has 3 aromatic rings. The smallest absolute Gasteiger partial charge is 0.332 e. The Bertz CT molecular complexity index is 1050. The minimum atomic E-state index is -0.566. The SMILES string of the molecule is COC(=O)Cn1c(=O)n(Cc2ccc(Cl)cc2)c(=O)c2ccccc21. The highest BCUT2D eigenvalue weighted by atomic mass is 35.5. The first-order valence-corrected chi connectivity index (χ1v) is 7.92. The van der Waals surface area contributed by atoms with Gasteiger partial charge in [0.05, 0.1) is 24.6 Å². The molecular weight excluding hydrogens is 344 g/mol. The van der Waals surface area contributed by atoms with E-state index < -0.39 is 17.2 Å². The van der Waals surface area contributed by atoms with E-state index in [1.54, 1.807) is 48.5 Å². The second-order valence-corrected chi connectivity index (χ2v) is 5.92. The van der Waals surface area contributed by atoms with Crippen molar-refractivity contribution in [2.75, 3.05) is 7.11 Å². The maximum Gasteiger partial charge on any atom is 0.332 e. The van der Waals surface area contributed by atoms with Crippen LogP contribution in [0, 0.1) is 0 Å². The lowest BCUT2D eigenvalue weighted by Crippen LogP contribution is -2.41. The molecule has 6 nitrogen and oxygen atoms in total. The highest BCUT2D eigenvalue weighted by Gasteiger charge is 2.15. The van der Waals surface area contributed by atoms with Gasteiger partial charge in [0, 0.05) is 5.02 Å². The second kappa shape index (κ2) is 6.94. The Kier molecular flexibility index (Phi) is 4.72. The molecular formula is C18H15ClN2O4. The lowest BCUT2D eigenvalue weighted by atomic mass is 10.2. The van der Waals surface area contributed by atoms with Gasteiger partial charge in [-0.2, -0.15) is 0 Å². The molecule has 0 radical (unpaired) electrons. The molecule has 0 bridgehead atoms. The Balaban J connectivity index is 2.21. The topological polar surface area (TPSA) is 70.3 Å². The molecule has 3 rings (SSSR count). The zero-order valence-corrected chi connectivity index (χ0v) is 14.2. The first kappa shape index (κ1) is 17.0. The van der Waals surface area contributed by atoms with Crippen molar-refractivity contribution in [3.05, 3.63) is 80.0 Å². The normalized spacial score (nSPS) is 10.8. The van der Waals surface area contributed by atoms with Gasteiger partial charge in [0.15, 0.2) is 0 Å². The number of para-hydroxylation sites is 1. The molecule has 128 valence electrons. The van der Waals surface area contributed by atoms with Gasteiger partial charge in [-0.15, -0.1) is 0 Å². The monoisotopic (exact) mass is 358 g/mol. The zero-order valence-electron chi connectivity index (χ0n) is 13.4. The third-order valence-electron chi connectivity index (χ3n) is 3.90. The molecule has 0 spiro atoms. The van der Waals surface area contributed by atoms with E-state index in [2.05, 4.69) is 4.74 Å². The van der Waals surface area contributed by atoms with Gasteiger partial charge in [0.2, 0.25) is 0 Å². The Morgan fingerprint density at radius 2 is 1.72 bits per heavy atom. The number of halogens is 1. The number of nitrogens with zero attached hydrogens (tertiary/aromatic N) is 2. The highest BCUT2D eigenvalue weighted by Crippen LogP contribution is 2.11. The summed E-state index contributed by atoms with van der Waals surface area (Å²) in [5.41, 5.74) is 0.180. The molecule has 0 aliphatic heterocycles. The highest BCUT2D eigenvalue weighted by molar-refractivity contribution is 6.30. The number of carbonyl (C=O) groups is 1. The molecule has 1 aromatic heterocycles. The predicted octanol–water partition coefficient (Wildman–Crippen LogP) is 2.04. The molecule has 0 aliphatic carbocycles. The summed E-state index contributed by atoms with van der Waals surface area (Å²) in [5.74, 6) is -0.566. The Morgan fingerprint density at radius 1 is 1.04 bits per heavy atom. The van der Waals surface area contributed by atoms with Crippen LogP contribution in [0.3, 0.4) is 0 Å². The van der Waals surface area contributed by atoms with Crippen LogP contribution in [0.25, 0.3) is 10.9 Å². The van der Waals surface area contributed by atoms with Crippen molar-refractivity contribution in [1.82, 2.24) is 9.13 Å². The summed E-state index contributed by atoms with van der Waals surface area (Å²) in [6.07, 6.45) is 0. The third-order valence-corrected chi connectivity index (χ3v) is 4.15. The van der Waals surface area contributed by atoms with Gasteiger partial charge in [-0.1, -0.05) is 35.9 Å². The maximum absolute atomic E-state index is 12.8. The average Bonchev–Trinajstić information content (AvgIpc) is 2.63. The summed E-state index contributed by atoms with van der Waals surface area (Å²) < 4.78 is 7.01. The van der Waals surface area contributed by atoms with Gasteiger partial charge in [-0.25, -0.2) is 4.79 Å². The van der Waals surface area contributed by atoms with Crippen LogP contribution in [0.1, 0.15) is 5.56 Å². The van der Waals surface area contributed by atoms with Crippen molar-refractivity contribution in [3.8, 4) is 0 Å². The van der Waals surface area contributed by atoms with Crippen molar-refractivity contribution < 1.29 is 9.53 Å². The summed E-state index contributed by atoms with van der Waals surface area (Å²) in [5, 5.41) is 0.928. The lowest BCUT2D eigenvalue weighted by molar-refractivity contribution is -0.141. The molecule has 25 heavy (non-hydrogen) atoms. The van der Waals surface area contributed by atoms with Crippen molar-refractivity contribution >= 4 is 28.5 Å². The minimum Gasteiger partial charge on any atom is -0.468 e. The van der Waals surface area contributed by atoms with Gasteiger partial charge >= 0.3 is 11.7 Å². The average molecular weight is 359 g/mol. The summed E-state index contributed by atoms with van der Waals surface area (Å²) in [4.78, 5) is 37.2. The van der Waals surface area contributed by atoms with E-state index in [4.69, 9.17) is 11.6 Å². The molecule has 0 atom stereocenters. The number of methoxy groups -OCH3 is 1. The van der Waals surface area contributed by atoms with Gasteiger partial charge in [0.25, 0.3) is 5.56 Å². The lowest BCUT2D eigenvalue weighted by Gasteiger charge is -2.13. The number of benzene rings is 2. The van der Waals surface area contributed by atoms with E-state index in [0.29, 0.717) is 15.9 Å². The van der Waals surface area contributed by atoms with Crippen molar-refractivity contribution in [2.24, 2.45) is 0 Å². The van der Waals surface area contributed by atoms with Crippen LogP contribution in [0.4, 0.5) is 0 Å². The molecule has 0 saturated heterocycles. The quantitative estimate of drug-likeness (QED) is 0.669. The number of esters is 1. The van der Waals surface area contributed by atoms with Crippen LogP contribution in [-0.4, -0.2) is 22.2 Å². The minimum absolute atomic E-state index is 0.0842. The Morgan fingerprint density at radius 3 is 2.40 bits per heavy atom. The Labute approximate surface area is 147 Å². The summed E-state index contributed by atoms with van der Waals surface area (Å²) >= 11 is 5.87. The number of hydrogen-bond acceptors (Lipinski definition) is 4. The molecule has 0 unspecified atom stereocenters. The van der Waals surface area contributed by atoms with E-state index in [9.17, 15) is 14.4 Å². The van der Waals surface area contributed by atoms with Gasteiger partial charge in [-0.3, -0.25) is 18.7 Å². The molecule has 0 aliphatic rings. The van der Waals surface area contributed by atoms with Crippen LogP contribution < -0.4 is 11.2 Å². The van der Waals surface area contributed by atoms with Crippen molar-refractivity contribution in [3.63, 3.8) is 0 Å². The maximum atomic E-state index is 12.8. The van der Waals surface area contributed by atoms with Gasteiger partial charge < -0.3 is 4.74 Å². The van der Waals surface area contributed by atoms with E-state index in [0.717, 1.165) is 10.1 Å². The zero-order chi connectivity index (χ0) is 18.0. The van der Waals surface area contributed by atoms with Crippen LogP contribution >= 0.6 is 11.6 Å². The second-order valence-electron chi connectivity index (χ2n) is 5.48. The first-order valence-electron chi connectivity index (χ1n) is 7.55. The number of rotatable bonds is 4. The van der Waals surface area contributed by atoms with Crippen molar-refractivity contribution in [2.45, 2.75) is 13.1 Å². The largest absolute Gasteiger partial charge is 0.468 e. The molecule has 0 saturated carbocycles. The van der Waals surface area contributed by atoms with Gasteiger partial charge in [0.1, 0.15) is 6.54 Å². The molecule has 0 N–H and O–H groups in total. The van der Waals surface area contributed by atoms with Crippen LogP contribution in [0.15, 0.2) is 58.1 Å². The summed E-state index contributed by atoms with van der Waals surface area (Å²) in [6.45, 7) is -0.183. The Hall–Kier alpha value is -2.86. The number of hydrogen-bond donors (Lipinski definition) is 0. The molecule has 0 amide bonds. The molecule has 0 fully saturated rings. The molecule has 7 heteroatoms. The first-order chi connectivity index (χ1) is 12.0. The van der Waals surface area contributed by atoms with Crippen molar-refractivity contribution in [1.29, 1.82) is 0 Å². The fourth-order valence-corrected chi connectivity index (χ4v) is 2.76. The number of fused-ring (bicyclic) bond motifs is 1. The summed E-state index contributed by atoms with van der Waals surface area (Å²) in [7, 11) is 1.25. The van der Waals surface area contributed by atoms with E-state index in [1.165, 1.54) is 11.7 Å². The standard InChI is InChI=1S/C18H15ClN2O4/c1-25-16(22)11-20-15-5-3-2-4-14(15)17(23)21(18(20)24)10-12-6-8-13(19)9-7-12/h2-9H,10-11H2,1H3. The van der Waals surface area contributed by atoms with E-state index in [-0.39, 0.29) is 13.1 Å². The van der Waals surface area contributed by atoms with Crippen LogP contribution in [0.2, 0.25) is 5.02 Å². The predicted molar refractivity (Wildman–Crippen MR) is 95.0 cm³/mol. The van der Waals surface area contributed by atoms with E-state index >= 15 is 0 Å². The number of ether oxygens (including phenoxy) is 1. The fraction of sp³-hybridized carbons (Fsp3) is 0.167. The number of aromatic nitrogens is 2. The fourth-order valence-electron chi connectivity index (χ4n) is 2.63. The van der Waals surface area contributed by atoms with Crippen LogP contribution in [0.5, 0.6) is 0 Å². The summed E-state index contributed by atoms with van der Waals surface area (Å²) in [6, 6.07) is 13.5. The van der Waals surface area contributed by atoms with Crippen LogP contribution in [-0.2, 0) is 22.6 Å². The molecule has 2 aromatic carbocycles. The van der Waals surface area contributed by atoms with E-state index in [1.807, 2.05) is 0 Å². The van der Waals surface area contributed by atoms with Gasteiger partial charge in [-0.05, 0) is 29.8 Å². The molecule has 1 heterocycles. The number of carbonyl (C=O) groups excluding carboxylic acids is 1.